The van der Waals surface area contributed by atoms with Crippen LogP contribution in [0.4, 0.5) is 8.78 Å². The minimum absolute atomic E-state index is 0.00639. The quantitative estimate of drug-likeness (QED) is 0.753. The van der Waals surface area contributed by atoms with Crippen molar-refractivity contribution in [3.05, 3.63) is 22.9 Å². The topological polar surface area (TPSA) is 45.9 Å². The Morgan fingerprint density at radius 2 is 2.33 bits per heavy atom. The first-order chi connectivity index (χ1) is 7.13. The van der Waals surface area contributed by atoms with E-state index in [9.17, 15) is 8.78 Å². The molecule has 0 saturated heterocycles. The average molecular weight is 233 g/mol. The molecule has 0 atom stereocenters. The van der Waals surface area contributed by atoms with Crippen LogP contribution in [0.25, 0.3) is 0 Å². The summed E-state index contributed by atoms with van der Waals surface area (Å²) >= 11 is 5.51. The fraction of sp³-hybridized carbons (Fsp3) is 0.333. The number of hydrogen-bond acceptors (Lipinski definition) is 3. The second kappa shape index (κ2) is 4.89. The molecule has 0 radical (unpaired) electrons. The summed E-state index contributed by atoms with van der Waals surface area (Å²) in [5.41, 5.74) is -0.187. The summed E-state index contributed by atoms with van der Waals surface area (Å²) in [4.78, 5) is 3.62. The van der Waals surface area contributed by atoms with Crippen LogP contribution in [-0.4, -0.2) is 12.1 Å². The highest BCUT2D eigenvalue weighted by Gasteiger charge is 2.21. The lowest BCUT2D eigenvalue weighted by Crippen LogP contribution is -2.02. The van der Waals surface area contributed by atoms with Crippen molar-refractivity contribution in [2.75, 3.05) is 7.11 Å². The van der Waals surface area contributed by atoms with Gasteiger partial charge in [-0.2, -0.15) is 5.26 Å². The summed E-state index contributed by atoms with van der Waals surface area (Å²) in [5, 5.41) is 8.61. The van der Waals surface area contributed by atoms with Crippen molar-refractivity contribution in [2.45, 2.75) is 12.3 Å². The number of aromatic nitrogens is 1. The molecule has 0 saturated carbocycles. The van der Waals surface area contributed by atoms with Gasteiger partial charge < -0.3 is 4.74 Å². The molecule has 0 aliphatic heterocycles. The predicted octanol–water partition coefficient (Wildman–Crippen LogP) is 2.64. The molecule has 1 heterocycles. The fourth-order valence-electron chi connectivity index (χ4n) is 1.14. The van der Waals surface area contributed by atoms with E-state index in [1.807, 2.05) is 0 Å². The monoisotopic (exact) mass is 232 g/mol. The maximum atomic E-state index is 12.6. The van der Waals surface area contributed by atoms with Crippen molar-refractivity contribution in [2.24, 2.45) is 0 Å². The van der Waals surface area contributed by atoms with E-state index in [1.165, 1.54) is 13.2 Å². The van der Waals surface area contributed by atoms with Gasteiger partial charge in [-0.05, 0) is 11.6 Å². The van der Waals surface area contributed by atoms with Gasteiger partial charge in [-0.3, -0.25) is 0 Å². The number of nitriles is 1. The lowest BCUT2D eigenvalue weighted by atomic mass is 10.1. The third kappa shape index (κ3) is 2.34. The molecule has 6 heteroatoms. The van der Waals surface area contributed by atoms with Crippen molar-refractivity contribution in [3.8, 4) is 11.9 Å². The van der Waals surface area contributed by atoms with Crippen LogP contribution in [0.5, 0.6) is 5.88 Å². The number of ether oxygens (including phenoxy) is 1. The molecule has 0 N–H and O–H groups in total. The third-order valence-corrected chi connectivity index (χ3v) is 2.07. The summed E-state index contributed by atoms with van der Waals surface area (Å²) in [7, 11) is 1.22. The maximum Gasteiger partial charge on any atom is 0.269 e. The zero-order valence-electron chi connectivity index (χ0n) is 7.80. The molecule has 15 heavy (non-hydrogen) atoms. The SMILES string of the molecule is COc1nc(C#N)cc(CCl)c1C(F)F. The number of halogens is 3. The van der Waals surface area contributed by atoms with Crippen LogP contribution < -0.4 is 4.74 Å². The van der Waals surface area contributed by atoms with E-state index in [-0.39, 0.29) is 28.6 Å². The van der Waals surface area contributed by atoms with Crippen molar-refractivity contribution >= 4 is 11.6 Å². The van der Waals surface area contributed by atoms with E-state index in [4.69, 9.17) is 21.6 Å². The lowest BCUT2D eigenvalue weighted by molar-refractivity contribution is 0.145. The molecule has 1 aromatic rings. The molecule has 0 spiro atoms. The molecule has 1 rings (SSSR count). The molecule has 0 amide bonds. The highest BCUT2D eigenvalue weighted by molar-refractivity contribution is 6.17. The van der Waals surface area contributed by atoms with E-state index in [2.05, 4.69) is 4.98 Å². The van der Waals surface area contributed by atoms with Gasteiger partial charge in [0.25, 0.3) is 6.43 Å². The Bertz CT molecular complexity index is 379. The Kier molecular flexibility index (Phi) is 3.81. The number of nitrogens with zero attached hydrogens (tertiary/aromatic N) is 2. The molecular formula is C9H7ClF2N2O. The molecule has 0 aliphatic rings. The van der Waals surface area contributed by atoms with Crippen LogP contribution in [0, 0.1) is 11.3 Å². The summed E-state index contributed by atoms with van der Waals surface area (Å²) in [6.45, 7) is 0. The molecule has 80 valence electrons. The molecule has 3 nitrogen and oxygen atoms in total. The summed E-state index contributed by atoms with van der Waals surface area (Å²) in [5.74, 6) is -0.368. The smallest absolute Gasteiger partial charge is 0.269 e. The van der Waals surface area contributed by atoms with E-state index in [0.29, 0.717) is 0 Å². The Balaban J connectivity index is 3.41. The Morgan fingerprint density at radius 3 is 2.73 bits per heavy atom. The lowest BCUT2D eigenvalue weighted by Gasteiger charge is -2.10. The number of hydrogen-bond donors (Lipinski definition) is 0. The number of alkyl halides is 3. The third-order valence-electron chi connectivity index (χ3n) is 1.78. The van der Waals surface area contributed by atoms with Crippen molar-refractivity contribution in [1.29, 1.82) is 5.26 Å². The number of pyridine rings is 1. The summed E-state index contributed by atoms with van der Waals surface area (Å²) in [6, 6.07) is 2.98. The first-order valence-electron chi connectivity index (χ1n) is 3.96. The summed E-state index contributed by atoms with van der Waals surface area (Å²) < 4.78 is 30.0. The Morgan fingerprint density at radius 1 is 1.67 bits per heavy atom. The Labute approximate surface area is 90.3 Å². The van der Waals surface area contributed by atoms with E-state index in [1.54, 1.807) is 6.07 Å². The van der Waals surface area contributed by atoms with E-state index < -0.39 is 6.43 Å². The zero-order valence-corrected chi connectivity index (χ0v) is 8.55. The van der Waals surface area contributed by atoms with Gasteiger partial charge in [0.15, 0.2) is 0 Å². The van der Waals surface area contributed by atoms with Gasteiger partial charge in [0.05, 0.1) is 12.7 Å². The van der Waals surface area contributed by atoms with Gasteiger partial charge in [0.1, 0.15) is 11.8 Å². The average Bonchev–Trinajstić information content (AvgIpc) is 2.26. The molecule has 0 bridgehead atoms. The largest absolute Gasteiger partial charge is 0.481 e. The minimum Gasteiger partial charge on any atom is -0.481 e. The highest BCUT2D eigenvalue weighted by atomic mass is 35.5. The van der Waals surface area contributed by atoms with Crippen molar-refractivity contribution < 1.29 is 13.5 Å². The van der Waals surface area contributed by atoms with Crippen LogP contribution in [0.1, 0.15) is 23.2 Å². The van der Waals surface area contributed by atoms with Crippen molar-refractivity contribution in [3.63, 3.8) is 0 Å². The second-order valence-electron chi connectivity index (χ2n) is 2.64. The molecule has 0 aromatic carbocycles. The van der Waals surface area contributed by atoms with Gasteiger partial charge >= 0.3 is 0 Å². The van der Waals surface area contributed by atoms with Crippen LogP contribution in [-0.2, 0) is 5.88 Å². The van der Waals surface area contributed by atoms with E-state index >= 15 is 0 Å². The summed E-state index contributed by atoms with van der Waals surface area (Å²) in [6.07, 6.45) is -2.73. The first-order valence-corrected chi connectivity index (χ1v) is 4.49. The zero-order chi connectivity index (χ0) is 11.4. The van der Waals surface area contributed by atoms with Gasteiger partial charge in [-0.25, -0.2) is 13.8 Å². The maximum absolute atomic E-state index is 12.6. The van der Waals surface area contributed by atoms with Crippen LogP contribution in [0.3, 0.4) is 0 Å². The van der Waals surface area contributed by atoms with E-state index in [0.717, 1.165) is 0 Å². The predicted molar refractivity (Wildman–Crippen MR) is 50.0 cm³/mol. The number of methoxy groups -OCH3 is 1. The van der Waals surface area contributed by atoms with Crippen molar-refractivity contribution in [1.82, 2.24) is 4.98 Å². The number of rotatable bonds is 3. The first kappa shape index (κ1) is 11.7. The van der Waals surface area contributed by atoms with Gasteiger partial charge in [0, 0.05) is 5.88 Å². The molecule has 0 unspecified atom stereocenters. The molecule has 0 fully saturated rings. The van der Waals surface area contributed by atoms with Gasteiger partial charge in [0.2, 0.25) is 5.88 Å². The van der Waals surface area contributed by atoms with Gasteiger partial charge in [-0.15, -0.1) is 11.6 Å². The van der Waals surface area contributed by atoms with Gasteiger partial charge in [-0.1, -0.05) is 0 Å². The minimum atomic E-state index is -2.73. The normalized spacial score (nSPS) is 10.1. The molecule has 0 aliphatic carbocycles. The van der Waals surface area contributed by atoms with Crippen LogP contribution >= 0.6 is 11.6 Å². The Hall–Kier alpha value is -1.41. The second-order valence-corrected chi connectivity index (χ2v) is 2.90. The van der Waals surface area contributed by atoms with Crippen LogP contribution in [0.2, 0.25) is 0 Å². The highest BCUT2D eigenvalue weighted by Crippen LogP contribution is 2.32. The van der Waals surface area contributed by atoms with Crippen LogP contribution in [0.15, 0.2) is 6.07 Å². The molecular weight excluding hydrogens is 226 g/mol. The molecule has 1 aromatic heterocycles. The standard InChI is InChI=1S/C9H7ClF2N2O/c1-15-9-7(8(11)12)5(3-10)2-6(4-13)14-9/h2,8H,3H2,1H3. The fourth-order valence-corrected chi connectivity index (χ4v) is 1.36.